The van der Waals surface area contributed by atoms with Crippen LogP contribution in [0.5, 0.6) is 5.75 Å². The van der Waals surface area contributed by atoms with E-state index in [0.717, 1.165) is 47.1 Å². The molecule has 0 aliphatic heterocycles. The fraction of sp³-hybridized carbons (Fsp3) is 0.294. The Morgan fingerprint density at radius 3 is 2.92 bits per heavy atom. The molecule has 122 valence electrons. The van der Waals surface area contributed by atoms with E-state index >= 15 is 0 Å². The Kier molecular flexibility index (Phi) is 3.41. The normalized spacial score (nSPS) is 13.1. The number of hydrogen-bond acceptors (Lipinski definition) is 6. The number of H-pyrrole nitrogens is 1. The highest BCUT2D eigenvalue weighted by molar-refractivity contribution is 5.87. The largest absolute Gasteiger partial charge is 0.494 e. The van der Waals surface area contributed by atoms with Gasteiger partial charge in [0.25, 0.3) is 5.56 Å². The first-order chi connectivity index (χ1) is 11.7. The first kappa shape index (κ1) is 14.6. The first-order valence-electron chi connectivity index (χ1n) is 7.86. The molecule has 2 N–H and O–H groups in total. The summed E-state index contributed by atoms with van der Waals surface area (Å²) in [7, 11) is 1.61. The van der Waals surface area contributed by atoms with Gasteiger partial charge in [0.15, 0.2) is 0 Å². The molecule has 1 aliphatic rings. The molecule has 0 bridgehead atoms. The van der Waals surface area contributed by atoms with Gasteiger partial charge in [-0.3, -0.25) is 15.1 Å². The van der Waals surface area contributed by atoms with Crippen molar-refractivity contribution in [2.24, 2.45) is 0 Å². The van der Waals surface area contributed by atoms with Crippen molar-refractivity contribution in [3.05, 3.63) is 45.5 Å². The molecule has 0 unspecified atom stereocenters. The van der Waals surface area contributed by atoms with Crippen LogP contribution in [0.4, 0.5) is 11.9 Å². The highest BCUT2D eigenvalue weighted by atomic mass is 16.5. The molecule has 0 atom stereocenters. The Morgan fingerprint density at radius 1 is 1.21 bits per heavy atom. The second-order valence-corrected chi connectivity index (χ2v) is 5.81. The van der Waals surface area contributed by atoms with Gasteiger partial charge in [0.05, 0.1) is 18.5 Å². The molecule has 3 aromatic rings. The second-order valence-electron chi connectivity index (χ2n) is 5.81. The SMILES string of the molecule is COc1cccc2c(C)nc(Nc3nc4c(c(=O)[nH]3)CCC4)nc12. The van der Waals surface area contributed by atoms with Gasteiger partial charge in [-0.25, -0.2) is 15.0 Å². The van der Waals surface area contributed by atoms with Gasteiger partial charge in [-0.1, -0.05) is 12.1 Å². The summed E-state index contributed by atoms with van der Waals surface area (Å²) in [6.07, 6.45) is 2.59. The minimum absolute atomic E-state index is 0.0879. The van der Waals surface area contributed by atoms with Crippen molar-refractivity contribution in [3.63, 3.8) is 0 Å². The number of anilines is 2. The summed E-state index contributed by atoms with van der Waals surface area (Å²) in [6, 6.07) is 5.71. The average molecular weight is 323 g/mol. The fourth-order valence-electron chi connectivity index (χ4n) is 3.11. The van der Waals surface area contributed by atoms with E-state index in [-0.39, 0.29) is 5.56 Å². The van der Waals surface area contributed by atoms with Gasteiger partial charge in [-0.2, -0.15) is 0 Å². The van der Waals surface area contributed by atoms with Gasteiger partial charge >= 0.3 is 0 Å². The first-order valence-corrected chi connectivity index (χ1v) is 7.86. The van der Waals surface area contributed by atoms with Crippen LogP contribution in [0.25, 0.3) is 10.9 Å². The van der Waals surface area contributed by atoms with Crippen molar-refractivity contribution in [1.82, 2.24) is 19.9 Å². The monoisotopic (exact) mass is 323 g/mol. The molecule has 24 heavy (non-hydrogen) atoms. The summed E-state index contributed by atoms with van der Waals surface area (Å²) in [6.45, 7) is 1.91. The van der Waals surface area contributed by atoms with Crippen molar-refractivity contribution in [1.29, 1.82) is 0 Å². The van der Waals surface area contributed by atoms with Crippen LogP contribution in [0.3, 0.4) is 0 Å². The molecule has 2 heterocycles. The molecular formula is C17H17N5O2. The minimum atomic E-state index is -0.0879. The van der Waals surface area contributed by atoms with Gasteiger partial charge < -0.3 is 4.74 Å². The van der Waals surface area contributed by atoms with E-state index in [1.54, 1.807) is 7.11 Å². The van der Waals surface area contributed by atoms with Crippen LogP contribution in [0.1, 0.15) is 23.4 Å². The number of rotatable bonds is 3. The quantitative estimate of drug-likeness (QED) is 0.768. The summed E-state index contributed by atoms with van der Waals surface area (Å²) >= 11 is 0. The number of nitrogens with zero attached hydrogens (tertiary/aromatic N) is 3. The van der Waals surface area contributed by atoms with E-state index in [4.69, 9.17) is 4.74 Å². The van der Waals surface area contributed by atoms with E-state index in [9.17, 15) is 4.79 Å². The summed E-state index contributed by atoms with van der Waals surface area (Å²) < 4.78 is 5.38. The summed E-state index contributed by atoms with van der Waals surface area (Å²) in [5, 5.41) is 3.94. The maximum absolute atomic E-state index is 12.1. The van der Waals surface area contributed by atoms with Crippen LogP contribution in [0, 0.1) is 6.92 Å². The Bertz CT molecular complexity index is 996. The number of fused-ring (bicyclic) bond motifs is 2. The van der Waals surface area contributed by atoms with Crippen LogP contribution in [-0.2, 0) is 12.8 Å². The lowest BCUT2D eigenvalue weighted by molar-refractivity contribution is 0.419. The molecule has 0 radical (unpaired) electrons. The maximum atomic E-state index is 12.1. The van der Waals surface area contributed by atoms with Crippen LogP contribution in [-0.4, -0.2) is 27.0 Å². The molecule has 0 saturated carbocycles. The Hall–Kier alpha value is -2.96. The molecule has 4 rings (SSSR count). The second kappa shape index (κ2) is 5.59. The Morgan fingerprint density at radius 2 is 2.08 bits per heavy atom. The van der Waals surface area contributed by atoms with E-state index in [0.29, 0.717) is 17.6 Å². The molecule has 0 saturated heterocycles. The number of methoxy groups -OCH3 is 1. The molecule has 2 aromatic heterocycles. The van der Waals surface area contributed by atoms with Crippen molar-refractivity contribution >= 4 is 22.8 Å². The smallest absolute Gasteiger partial charge is 0.255 e. The molecule has 7 nitrogen and oxygen atoms in total. The van der Waals surface area contributed by atoms with Crippen molar-refractivity contribution in [3.8, 4) is 5.75 Å². The number of para-hydroxylation sites is 1. The molecule has 0 spiro atoms. The highest BCUT2D eigenvalue weighted by Gasteiger charge is 2.17. The number of hydrogen-bond donors (Lipinski definition) is 2. The topological polar surface area (TPSA) is 92.8 Å². The molecule has 1 aromatic carbocycles. The molecular weight excluding hydrogens is 306 g/mol. The minimum Gasteiger partial charge on any atom is -0.494 e. The van der Waals surface area contributed by atoms with E-state index < -0.39 is 0 Å². The Balaban J connectivity index is 1.78. The zero-order valence-corrected chi connectivity index (χ0v) is 13.5. The van der Waals surface area contributed by atoms with E-state index in [1.807, 2.05) is 25.1 Å². The van der Waals surface area contributed by atoms with Gasteiger partial charge in [0, 0.05) is 10.9 Å². The lowest BCUT2D eigenvalue weighted by Crippen LogP contribution is -2.17. The lowest BCUT2D eigenvalue weighted by Gasteiger charge is -2.10. The van der Waals surface area contributed by atoms with Crippen molar-refractivity contribution < 1.29 is 4.74 Å². The van der Waals surface area contributed by atoms with Crippen LogP contribution in [0.2, 0.25) is 0 Å². The van der Waals surface area contributed by atoms with Crippen LogP contribution in [0.15, 0.2) is 23.0 Å². The van der Waals surface area contributed by atoms with Gasteiger partial charge in [-0.15, -0.1) is 0 Å². The highest BCUT2D eigenvalue weighted by Crippen LogP contribution is 2.26. The van der Waals surface area contributed by atoms with Crippen molar-refractivity contribution in [2.75, 3.05) is 12.4 Å². The average Bonchev–Trinajstić information content (AvgIpc) is 3.03. The molecule has 0 fully saturated rings. The van der Waals surface area contributed by atoms with E-state index in [1.165, 1.54) is 0 Å². The number of aryl methyl sites for hydroxylation is 2. The third-order valence-electron chi connectivity index (χ3n) is 4.27. The van der Waals surface area contributed by atoms with E-state index in [2.05, 4.69) is 25.3 Å². The summed E-state index contributed by atoms with van der Waals surface area (Å²) in [5.41, 5.74) is 3.10. The summed E-state index contributed by atoms with van der Waals surface area (Å²) in [5.74, 6) is 1.43. The van der Waals surface area contributed by atoms with Crippen molar-refractivity contribution in [2.45, 2.75) is 26.2 Å². The molecule has 1 aliphatic carbocycles. The lowest BCUT2D eigenvalue weighted by atomic mass is 10.2. The van der Waals surface area contributed by atoms with Gasteiger partial charge in [0.2, 0.25) is 11.9 Å². The van der Waals surface area contributed by atoms with Gasteiger partial charge in [0.1, 0.15) is 11.3 Å². The third kappa shape index (κ3) is 2.38. The fourth-order valence-corrected chi connectivity index (χ4v) is 3.11. The zero-order valence-electron chi connectivity index (χ0n) is 13.5. The van der Waals surface area contributed by atoms with Gasteiger partial charge in [-0.05, 0) is 32.3 Å². The Labute approximate surface area is 138 Å². The maximum Gasteiger partial charge on any atom is 0.255 e. The zero-order chi connectivity index (χ0) is 16.7. The van der Waals surface area contributed by atoms with Crippen LogP contribution < -0.4 is 15.6 Å². The summed E-state index contributed by atoms with van der Waals surface area (Å²) in [4.78, 5) is 28.3. The predicted molar refractivity (Wildman–Crippen MR) is 91.0 cm³/mol. The molecule has 0 amide bonds. The molecule has 7 heteroatoms. The standard InChI is InChI=1S/C17H17N5O2/c1-9-10-5-4-8-13(24-2)14(10)20-16(18-9)22-17-19-12-7-3-6-11(12)15(23)21-17/h4-5,8H,3,6-7H2,1-2H3,(H2,18,19,20,21,22,23). The predicted octanol–water partition coefficient (Wildman–Crippen LogP) is 2.26. The van der Waals surface area contributed by atoms with Crippen LogP contribution >= 0.6 is 0 Å². The third-order valence-corrected chi connectivity index (χ3v) is 4.27. The number of nitrogens with one attached hydrogen (secondary N) is 2. The number of aromatic nitrogens is 4. The number of ether oxygens (including phenoxy) is 1. The number of aromatic amines is 1. The number of benzene rings is 1.